The van der Waals surface area contributed by atoms with Crippen molar-refractivity contribution in [2.24, 2.45) is 0 Å². The molecule has 1 aromatic carbocycles. The molecule has 0 radical (unpaired) electrons. The number of carbonyl (C=O) groups excluding carboxylic acids is 2. The third kappa shape index (κ3) is 3.55. The Morgan fingerprint density at radius 2 is 2.09 bits per heavy atom. The summed E-state index contributed by atoms with van der Waals surface area (Å²) >= 11 is 6.85. The number of thioether (sulfide) groups is 1. The Balaban J connectivity index is 1.70. The summed E-state index contributed by atoms with van der Waals surface area (Å²) in [6.45, 7) is 0.482. The zero-order valence-corrected chi connectivity index (χ0v) is 14.5. The molecule has 6 nitrogen and oxygen atoms in total. The molecule has 2 aliphatic rings. The monoisotopic (exact) mass is 374 g/mol. The number of imide groups is 1. The van der Waals surface area contributed by atoms with E-state index in [0.29, 0.717) is 23.6 Å². The first-order valence-corrected chi connectivity index (χ1v) is 10.1. The minimum atomic E-state index is -3.51. The summed E-state index contributed by atoms with van der Waals surface area (Å²) in [5.41, 5.74) is 0.616. The van der Waals surface area contributed by atoms with Crippen molar-refractivity contribution in [3.63, 3.8) is 0 Å². The summed E-state index contributed by atoms with van der Waals surface area (Å²) in [7, 11) is -3.51. The fraction of sp³-hybridized carbons (Fsp3) is 0.429. The minimum Gasteiger partial charge on any atom is -0.273 e. The van der Waals surface area contributed by atoms with Crippen LogP contribution in [0.3, 0.4) is 0 Å². The Hall–Kier alpha value is -1.09. The maximum absolute atomic E-state index is 12.5. The highest BCUT2D eigenvalue weighted by Crippen LogP contribution is 2.28. The van der Waals surface area contributed by atoms with Crippen LogP contribution in [0.2, 0.25) is 5.02 Å². The van der Waals surface area contributed by atoms with Crippen molar-refractivity contribution in [3.8, 4) is 0 Å². The van der Waals surface area contributed by atoms with E-state index < -0.39 is 10.0 Å². The number of hydrogen-bond donors (Lipinski definition) is 0. The zero-order valence-electron chi connectivity index (χ0n) is 12.1. The minimum absolute atomic E-state index is 0.142. The van der Waals surface area contributed by atoms with Gasteiger partial charge in [0.05, 0.1) is 17.5 Å². The molecule has 124 valence electrons. The molecule has 0 N–H and O–H groups in total. The molecule has 23 heavy (non-hydrogen) atoms. The standard InChI is InChI=1S/C14H15ClN2O4S2/c15-11-3-1-2-10(6-11)9-23(20,21)16-5-4-12(7-16)17-13(18)8-22-14(17)19/h1-3,6,12H,4-5,7-9H2. The Bertz CT molecular complexity index is 737. The van der Waals surface area contributed by atoms with Gasteiger partial charge < -0.3 is 0 Å². The average Bonchev–Trinajstić information content (AvgIpc) is 3.06. The predicted molar refractivity (Wildman–Crippen MR) is 88.8 cm³/mol. The van der Waals surface area contributed by atoms with Gasteiger partial charge in [-0.05, 0) is 24.1 Å². The van der Waals surface area contributed by atoms with E-state index in [9.17, 15) is 18.0 Å². The van der Waals surface area contributed by atoms with E-state index in [1.807, 2.05) is 0 Å². The van der Waals surface area contributed by atoms with Crippen molar-refractivity contribution >= 4 is 44.5 Å². The fourth-order valence-corrected chi connectivity index (χ4v) is 5.37. The second kappa shape index (κ2) is 6.43. The van der Waals surface area contributed by atoms with E-state index in [2.05, 4.69) is 0 Å². The molecular weight excluding hydrogens is 360 g/mol. The molecule has 1 aromatic rings. The smallest absolute Gasteiger partial charge is 0.273 e. The first kappa shape index (κ1) is 16.8. The van der Waals surface area contributed by atoms with Gasteiger partial charge in [-0.1, -0.05) is 35.5 Å². The van der Waals surface area contributed by atoms with Gasteiger partial charge in [0.15, 0.2) is 0 Å². The van der Waals surface area contributed by atoms with E-state index in [1.54, 1.807) is 24.3 Å². The van der Waals surface area contributed by atoms with Crippen LogP contribution in [0.1, 0.15) is 12.0 Å². The lowest BCUT2D eigenvalue weighted by Gasteiger charge is -2.21. The molecule has 0 aliphatic carbocycles. The van der Waals surface area contributed by atoms with Crippen molar-refractivity contribution in [1.29, 1.82) is 0 Å². The lowest BCUT2D eigenvalue weighted by molar-refractivity contribution is -0.126. The van der Waals surface area contributed by atoms with Gasteiger partial charge in [0.2, 0.25) is 15.9 Å². The van der Waals surface area contributed by atoms with Crippen LogP contribution in [0.5, 0.6) is 0 Å². The van der Waals surface area contributed by atoms with Gasteiger partial charge in [0, 0.05) is 18.1 Å². The van der Waals surface area contributed by atoms with Crippen molar-refractivity contribution < 1.29 is 18.0 Å². The molecule has 1 atom stereocenters. The topological polar surface area (TPSA) is 74.8 Å². The Labute approximate surface area is 143 Å². The molecule has 1 unspecified atom stereocenters. The molecule has 2 aliphatic heterocycles. The van der Waals surface area contributed by atoms with Crippen molar-refractivity contribution in [2.75, 3.05) is 18.8 Å². The molecule has 2 fully saturated rings. The number of sulfonamides is 1. The number of carbonyl (C=O) groups is 2. The van der Waals surface area contributed by atoms with E-state index in [-0.39, 0.29) is 35.2 Å². The normalized spacial score (nSPS) is 23.0. The zero-order chi connectivity index (χ0) is 16.6. The lowest BCUT2D eigenvalue weighted by Crippen LogP contribution is -2.41. The fourth-order valence-electron chi connectivity index (χ4n) is 2.82. The molecule has 0 aromatic heterocycles. The molecule has 2 heterocycles. The predicted octanol–water partition coefficient (Wildman–Crippen LogP) is 1.94. The van der Waals surface area contributed by atoms with E-state index in [4.69, 9.17) is 11.6 Å². The first-order chi connectivity index (χ1) is 10.9. The molecule has 3 rings (SSSR count). The quantitative estimate of drug-likeness (QED) is 0.805. The number of halogens is 1. The van der Waals surface area contributed by atoms with E-state index in [0.717, 1.165) is 11.8 Å². The summed E-state index contributed by atoms with van der Waals surface area (Å²) in [6, 6.07) is 6.36. The third-order valence-corrected chi connectivity index (χ3v) is 6.79. The maximum Gasteiger partial charge on any atom is 0.289 e. The Morgan fingerprint density at radius 3 is 2.74 bits per heavy atom. The number of amides is 2. The Kier molecular flexibility index (Phi) is 4.68. The van der Waals surface area contributed by atoms with Gasteiger partial charge in [-0.3, -0.25) is 14.5 Å². The van der Waals surface area contributed by atoms with Crippen molar-refractivity contribution in [2.45, 2.75) is 18.2 Å². The first-order valence-electron chi connectivity index (χ1n) is 7.08. The van der Waals surface area contributed by atoms with Crippen LogP contribution in [0.4, 0.5) is 4.79 Å². The average molecular weight is 375 g/mol. The highest BCUT2D eigenvalue weighted by Gasteiger charge is 2.41. The van der Waals surface area contributed by atoms with Gasteiger partial charge in [-0.15, -0.1) is 0 Å². The molecular formula is C14H15ClN2O4S2. The molecule has 0 bridgehead atoms. The Morgan fingerprint density at radius 1 is 1.30 bits per heavy atom. The van der Waals surface area contributed by atoms with Crippen LogP contribution in [-0.2, 0) is 20.6 Å². The molecule has 9 heteroatoms. The van der Waals surface area contributed by atoms with Gasteiger partial charge in [-0.25, -0.2) is 8.42 Å². The summed E-state index contributed by atoms with van der Waals surface area (Å²) in [5.74, 6) is -0.235. The molecule has 2 saturated heterocycles. The van der Waals surface area contributed by atoms with Crippen molar-refractivity contribution in [1.82, 2.24) is 9.21 Å². The summed E-state index contributed by atoms with van der Waals surface area (Å²) < 4.78 is 26.4. The summed E-state index contributed by atoms with van der Waals surface area (Å²) in [5, 5.41) is 0.205. The largest absolute Gasteiger partial charge is 0.289 e. The highest BCUT2D eigenvalue weighted by atomic mass is 35.5. The van der Waals surface area contributed by atoms with Gasteiger partial charge in [-0.2, -0.15) is 4.31 Å². The second-order valence-electron chi connectivity index (χ2n) is 5.50. The van der Waals surface area contributed by atoms with E-state index >= 15 is 0 Å². The van der Waals surface area contributed by atoms with Gasteiger partial charge in [0.1, 0.15) is 0 Å². The lowest BCUT2D eigenvalue weighted by atomic mass is 10.2. The summed E-state index contributed by atoms with van der Waals surface area (Å²) in [6.07, 6.45) is 0.479. The van der Waals surface area contributed by atoms with Crippen molar-refractivity contribution in [3.05, 3.63) is 34.9 Å². The third-order valence-electron chi connectivity index (χ3n) is 3.91. The number of hydrogen-bond acceptors (Lipinski definition) is 5. The van der Waals surface area contributed by atoms with Crippen LogP contribution in [0.15, 0.2) is 24.3 Å². The molecule has 0 spiro atoms. The van der Waals surface area contributed by atoms with Gasteiger partial charge >= 0.3 is 0 Å². The second-order valence-corrected chi connectivity index (χ2v) is 8.84. The number of nitrogens with zero attached hydrogens (tertiary/aromatic N) is 2. The van der Waals surface area contributed by atoms with Crippen LogP contribution >= 0.6 is 23.4 Å². The molecule has 0 saturated carbocycles. The SMILES string of the molecule is O=C1CSC(=O)N1C1CCN(S(=O)(=O)Cc2cccc(Cl)c2)C1. The van der Waals surface area contributed by atoms with Gasteiger partial charge in [0.25, 0.3) is 5.24 Å². The number of rotatable bonds is 4. The van der Waals surface area contributed by atoms with Crippen LogP contribution in [-0.4, -0.2) is 53.7 Å². The van der Waals surface area contributed by atoms with Crippen LogP contribution < -0.4 is 0 Å². The summed E-state index contributed by atoms with van der Waals surface area (Å²) in [4.78, 5) is 24.7. The molecule has 2 amide bonds. The number of benzene rings is 1. The van der Waals surface area contributed by atoms with Crippen LogP contribution in [0, 0.1) is 0 Å². The maximum atomic E-state index is 12.5. The highest BCUT2D eigenvalue weighted by molar-refractivity contribution is 8.14. The van der Waals surface area contributed by atoms with Crippen LogP contribution in [0.25, 0.3) is 0 Å². The van der Waals surface area contributed by atoms with E-state index in [1.165, 1.54) is 9.21 Å².